The van der Waals surface area contributed by atoms with Crippen LogP contribution < -0.4 is 4.90 Å². The van der Waals surface area contributed by atoms with Crippen LogP contribution in [0.1, 0.15) is 0 Å². The van der Waals surface area contributed by atoms with Crippen LogP contribution in [-0.2, 0) is 0 Å². The minimum Gasteiger partial charge on any atom is -0.310 e. The van der Waals surface area contributed by atoms with E-state index in [1.165, 1.54) is 94.9 Å². The Morgan fingerprint density at radius 1 is 0.298 bits per heavy atom. The van der Waals surface area contributed by atoms with Gasteiger partial charge in [0.15, 0.2) is 0 Å². The van der Waals surface area contributed by atoms with Crippen LogP contribution in [0.2, 0.25) is 0 Å². The molecule has 10 aromatic carbocycles. The fourth-order valence-electron chi connectivity index (χ4n) is 8.95. The molecular weight excluding hydrogens is 727 g/mol. The number of benzene rings is 10. The number of nitrogens with zero attached hydrogens (tertiary/aromatic N) is 1. The molecule has 12 aromatic rings. The maximum Gasteiger partial charge on any atom is 0.0476 e. The van der Waals surface area contributed by atoms with Crippen LogP contribution in [0.3, 0.4) is 0 Å². The minimum absolute atomic E-state index is 1.14. The molecule has 2 heterocycles. The SMILES string of the molecule is c1ccc(-c2cccc3sc4c(-c5cc6c7ccc(N(c8ccc9ccccc9c8)c8ccc9ccccc9c8)cc7sc6c6ccccc56)cccc4c23)cc1. The summed E-state index contributed by atoms with van der Waals surface area (Å²) >= 11 is 3.82. The molecule has 0 radical (unpaired) electrons. The molecule has 3 heteroatoms. The zero-order chi connectivity index (χ0) is 37.5. The normalized spacial score (nSPS) is 11.9. The molecule has 0 fully saturated rings. The number of thiophene rings is 2. The monoisotopic (exact) mass is 759 g/mol. The molecular formula is C54H33NS2. The molecule has 0 atom stereocenters. The third-order valence-corrected chi connectivity index (χ3v) is 14.0. The lowest BCUT2D eigenvalue weighted by molar-refractivity contribution is 1.30. The Morgan fingerprint density at radius 3 is 1.63 bits per heavy atom. The lowest BCUT2D eigenvalue weighted by Crippen LogP contribution is -2.09. The smallest absolute Gasteiger partial charge is 0.0476 e. The van der Waals surface area contributed by atoms with Gasteiger partial charge in [0.1, 0.15) is 0 Å². The summed E-state index contributed by atoms with van der Waals surface area (Å²) in [4.78, 5) is 2.41. The Bertz CT molecular complexity index is 3460. The first-order valence-electron chi connectivity index (χ1n) is 19.4. The second-order valence-electron chi connectivity index (χ2n) is 14.9. The molecule has 12 rings (SSSR count). The summed E-state index contributed by atoms with van der Waals surface area (Å²) in [6.07, 6.45) is 0. The second kappa shape index (κ2) is 12.9. The number of fused-ring (bicyclic) bond motifs is 10. The highest BCUT2D eigenvalue weighted by Crippen LogP contribution is 2.49. The Labute approximate surface area is 337 Å². The van der Waals surface area contributed by atoms with Gasteiger partial charge in [-0.2, -0.15) is 0 Å². The van der Waals surface area contributed by atoms with Gasteiger partial charge in [-0.3, -0.25) is 0 Å². The van der Waals surface area contributed by atoms with Crippen LogP contribution in [0.4, 0.5) is 17.1 Å². The minimum atomic E-state index is 1.14. The van der Waals surface area contributed by atoms with Crippen molar-refractivity contribution in [1.29, 1.82) is 0 Å². The van der Waals surface area contributed by atoms with E-state index >= 15 is 0 Å². The highest BCUT2D eigenvalue weighted by Gasteiger charge is 2.20. The average molecular weight is 760 g/mol. The standard InChI is InChI=1S/C54H33NS2/c1-2-14-36(15-3-1)42-20-11-23-50-52(42)47-22-10-21-46(53(47)56-50)48-33-49-44-29-28-41(32-51(44)57-54(49)45-19-9-8-18-43(45)48)55(39-26-24-34-12-4-6-16-37(34)30-39)40-27-25-35-13-5-7-17-38(35)31-40/h1-33H. The van der Waals surface area contributed by atoms with Crippen molar-refractivity contribution in [3.63, 3.8) is 0 Å². The van der Waals surface area contributed by atoms with Crippen molar-refractivity contribution in [1.82, 2.24) is 0 Å². The van der Waals surface area contributed by atoms with Crippen molar-refractivity contribution in [3.8, 4) is 22.3 Å². The van der Waals surface area contributed by atoms with E-state index in [-0.39, 0.29) is 0 Å². The molecule has 0 aliphatic rings. The number of hydrogen-bond acceptors (Lipinski definition) is 3. The molecule has 57 heavy (non-hydrogen) atoms. The summed E-state index contributed by atoms with van der Waals surface area (Å²) in [5, 5.41) is 12.8. The van der Waals surface area contributed by atoms with Crippen molar-refractivity contribution in [3.05, 3.63) is 200 Å². The molecule has 0 bridgehead atoms. The van der Waals surface area contributed by atoms with Crippen molar-refractivity contribution >= 4 is 112 Å². The van der Waals surface area contributed by atoms with E-state index in [1.807, 2.05) is 22.7 Å². The van der Waals surface area contributed by atoms with E-state index in [1.54, 1.807) is 0 Å². The van der Waals surface area contributed by atoms with Gasteiger partial charge < -0.3 is 4.90 Å². The maximum atomic E-state index is 2.47. The van der Waals surface area contributed by atoms with Gasteiger partial charge in [0, 0.05) is 68.4 Å². The lowest BCUT2D eigenvalue weighted by atomic mass is 9.93. The number of anilines is 3. The van der Waals surface area contributed by atoms with Gasteiger partial charge in [-0.25, -0.2) is 0 Å². The van der Waals surface area contributed by atoms with Crippen LogP contribution >= 0.6 is 22.7 Å². The lowest BCUT2D eigenvalue weighted by Gasteiger charge is -2.26. The van der Waals surface area contributed by atoms with Crippen molar-refractivity contribution in [2.75, 3.05) is 4.90 Å². The number of rotatable bonds is 5. The topological polar surface area (TPSA) is 3.24 Å². The molecule has 0 unspecified atom stereocenters. The van der Waals surface area contributed by atoms with Crippen LogP contribution in [0, 0.1) is 0 Å². The van der Waals surface area contributed by atoms with Gasteiger partial charge in [-0.05, 0) is 92.2 Å². The van der Waals surface area contributed by atoms with Gasteiger partial charge in [0.2, 0.25) is 0 Å². The molecule has 2 aromatic heterocycles. The summed E-state index contributed by atoms with van der Waals surface area (Å²) in [5.74, 6) is 0. The van der Waals surface area contributed by atoms with Gasteiger partial charge in [-0.15, -0.1) is 22.7 Å². The van der Waals surface area contributed by atoms with E-state index in [9.17, 15) is 0 Å². The Balaban J connectivity index is 1.06. The molecule has 1 nitrogen and oxygen atoms in total. The van der Waals surface area contributed by atoms with Gasteiger partial charge in [-0.1, -0.05) is 152 Å². The summed E-state index contributed by atoms with van der Waals surface area (Å²) in [6, 6.07) is 73.8. The Kier molecular flexibility index (Phi) is 7.34. The van der Waals surface area contributed by atoms with Crippen LogP contribution in [0.15, 0.2) is 200 Å². The zero-order valence-corrected chi connectivity index (χ0v) is 32.4. The molecule has 0 saturated heterocycles. The highest BCUT2D eigenvalue weighted by atomic mass is 32.1. The van der Waals surface area contributed by atoms with Crippen LogP contribution in [-0.4, -0.2) is 0 Å². The van der Waals surface area contributed by atoms with E-state index in [2.05, 4.69) is 205 Å². The molecule has 0 spiro atoms. The first-order chi connectivity index (χ1) is 28.2. The summed E-state index contributed by atoms with van der Waals surface area (Å²) in [7, 11) is 0. The number of hydrogen-bond donors (Lipinski definition) is 0. The second-order valence-corrected chi connectivity index (χ2v) is 17.0. The first kappa shape index (κ1) is 32.5. The fourth-order valence-corrected chi connectivity index (χ4v) is 11.5. The van der Waals surface area contributed by atoms with E-state index < -0.39 is 0 Å². The highest BCUT2D eigenvalue weighted by molar-refractivity contribution is 7.27. The molecule has 0 saturated carbocycles. The van der Waals surface area contributed by atoms with Gasteiger partial charge >= 0.3 is 0 Å². The summed E-state index contributed by atoms with van der Waals surface area (Å²) in [6.45, 7) is 0. The Morgan fingerprint density at radius 2 is 0.877 bits per heavy atom. The van der Waals surface area contributed by atoms with Crippen LogP contribution in [0.25, 0.3) is 94.9 Å². The zero-order valence-electron chi connectivity index (χ0n) is 30.8. The van der Waals surface area contributed by atoms with Crippen molar-refractivity contribution in [2.45, 2.75) is 0 Å². The van der Waals surface area contributed by atoms with Crippen molar-refractivity contribution in [2.24, 2.45) is 0 Å². The third kappa shape index (κ3) is 5.20. The van der Waals surface area contributed by atoms with E-state index in [4.69, 9.17) is 0 Å². The van der Waals surface area contributed by atoms with Crippen molar-refractivity contribution < 1.29 is 0 Å². The molecule has 0 aliphatic heterocycles. The van der Waals surface area contributed by atoms with Gasteiger partial charge in [0.05, 0.1) is 0 Å². The first-order valence-corrected chi connectivity index (χ1v) is 21.0. The molecule has 0 aliphatic carbocycles. The van der Waals surface area contributed by atoms with Gasteiger partial charge in [0.25, 0.3) is 0 Å². The van der Waals surface area contributed by atoms with E-state index in [0.717, 1.165) is 17.1 Å². The molecule has 0 amide bonds. The van der Waals surface area contributed by atoms with Crippen LogP contribution in [0.5, 0.6) is 0 Å². The maximum absolute atomic E-state index is 2.47. The predicted octanol–water partition coefficient (Wildman–Crippen LogP) is 16.7. The van der Waals surface area contributed by atoms with E-state index in [0.29, 0.717) is 0 Å². The Hall–Kier alpha value is -6.78. The molecule has 0 N–H and O–H groups in total. The quantitative estimate of drug-likeness (QED) is 0.169. The largest absolute Gasteiger partial charge is 0.310 e. The average Bonchev–Trinajstić information content (AvgIpc) is 3.85. The molecule has 266 valence electrons. The summed E-state index contributed by atoms with van der Waals surface area (Å²) in [5.41, 5.74) is 8.55. The summed E-state index contributed by atoms with van der Waals surface area (Å²) < 4.78 is 5.27. The third-order valence-electron chi connectivity index (χ3n) is 11.6. The fraction of sp³-hybridized carbons (Fsp3) is 0. The predicted molar refractivity (Wildman–Crippen MR) is 250 cm³/mol.